The molecule has 2 amide bonds. The fraction of sp³-hybridized carbons (Fsp3) is 0.150. The Kier molecular flexibility index (Phi) is 5.84. The average Bonchev–Trinajstić information content (AvgIpc) is 3.21. The zero-order valence-electron chi connectivity index (χ0n) is 14.8. The third-order valence-electron chi connectivity index (χ3n) is 3.70. The Labute approximate surface area is 156 Å². The van der Waals surface area contributed by atoms with Gasteiger partial charge in [-0.1, -0.05) is 12.1 Å². The topological polar surface area (TPSA) is 93.5 Å². The SMILES string of the molecule is CCOc1ccccc1NC(=O)c1cncc(C(=O)NCc2ccco2)c1. The summed E-state index contributed by atoms with van der Waals surface area (Å²) in [6, 6.07) is 12.1. The first kappa shape index (κ1) is 18.2. The number of furan rings is 1. The summed E-state index contributed by atoms with van der Waals surface area (Å²) >= 11 is 0. The summed E-state index contributed by atoms with van der Waals surface area (Å²) < 4.78 is 10.7. The monoisotopic (exact) mass is 365 g/mol. The van der Waals surface area contributed by atoms with Gasteiger partial charge in [0.15, 0.2) is 0 Å². The van der Waals surface area contributed by atoms with Crippen LogP contribution in [0.1, 0.15) is 33.4 Å². The van der Waals surface area contributed by atoms with Crippen molar-refractivity contribution in [1.29, 1.82) is 0 Å². The highest BCUT2D eigenvalue weighted by molar-refractivity contribution is 6.06. The lowest BCUT2D eigenvalue weighted by molar-refractivity contribution is 0.0947. The zero-order chi connectivity index (χ0) is 19.1. The number of aromatic nitrogens is 1. The van der Waals surface area contributed by atoms with Crippen molar-refractivity contribution in [2.24, 2.45) is 0 Å². The summed E-state index contributed by atoms with van der Waals surface area (Å²) in [4.78, 5) is 28.8. The number of carbonyl (C=O) groups excluding carboxylic acids is 2. The van der Waals surface area contributed by atoms with Crippen LogP contribution in [0.5, 0.6) is 5.75 Å². The molecule has 0 saturated heterocycles. The Hall–Kier alpha value is -3.61. The predicted octanol–water partition coefficient (Wildman–Crippen LogP) is 3.26. The van der Waals surface area contributed by atoms with Gasteiger partial charge in [-0.3, -0.25) is 14.6 Å². The number of nitrogens with zero attached hydrogens (tertiary/aromatic N) is 1. The first-order valence-corrected chi connectivity index (χ1v) is 8.46. The van der Waals surface area contributed by atoms with Crippen molar-refractivity contribution < 1.29 is 18.7 Å². The van der Waals surface area contributed by atoms with Crippen LogP contribution in [0.25, 0.3) is 0 Å². The molecule has 0 saturated carbocycles. The van der Waals surface area contributed by atoms with E-state index in [1.807, 2.05) is 13.0 Å². The molecule has 0 fully saturated rings. The molecule has 1 aromatic carbocycles. The molecule has 27 heavy (non-hydrogen) atoms. The van der Waals surface area contributed by atoms with Crippen LogP contribution in [-0.4, -0.2) is 23.4 Å². The lowest BCUT2D eigenvalue weighted by Crippen LogP contribution is -2.23. The van der Waals surface area contributed by atoms with Crippen LogP contribution >= 0.6 is 0 Å². The van der Waals surface area contributed by atoms with Gasteiger partial charge in [0.05, 0.1) is 36.2 Å². The van der Waals surface area contributed by atoms with Crippen molar-refractivity contribution >= 4 is 17.5 Å². The largest absolute Gasteiger partial charge is 0.492 e. The summed E-state index contributed by atoms with van der Waals surface area (Å²) in [5, 5.41) is 5.50. The number of amides is 2. The van der Waals surface area contributed by atoms with Crippen molar-refractivity contribution in [3.8, 4) is 5.75 Å². The standard InChI is InChI=1S/C20H19N3O4/c1-2-26-18-8-4-3-7-17(18)23-20(25)15-10-14(11-21-12-15)19(24)22-13-16-6-5-9-27-16/h3-12H,2,13H2,1H3,(H,22,24)(H,23,25). The number of benzene rings is 1. The van der Waals surface area contributed by atoms with Crippen LogP contribution in [-0.2, 0) is 6.54 Å². The average molecular weight is 365 g/mol. The summed E-state index contributed by atoms with van der Waals surface area (Å²) in [5.74, 6) is 0.491. The lowest BCUT2D eigenvalue weighted by atomic mass is 10.1. The van der Waals surface area contributed by atoms with Crippen LogP contribution in [0.15, 0.2) is 65.5 Å². The van der Waals surface area contributed by atoms with E-state index in [1.165, 1.54) is 24.7 Å². The molecule has 3 aromatic rings. The number of carbonyl (C=O) groups is 2. The minimum Gasteiger partial charge on any atom is -0.492 e. The van der Waals surface area contributed by atoms with Gasteiger partial charge in [-0.25, -0.2) is 0 Å². The molecule has 2 aromatic heterocycles. The maximum atomic E-state index is 12.5. The fourth-order valence-electron chi connectivity index (χ4n) is 2.42. The van der Waals surface area contributed by atoms with E-state index >= 15 is 0 Å². The molecule has 0 radical (unpaired) electrons. The molecule has 0 bridgehead atoms. The van der Waals surface area contributed by atoms with E-state index in [0.717, 1.165) is 0 Å². The van der Waals surface area contributed by atoms with Crippen molar-refractivity contribution in [2.45, 2.75) is 13.5 Å². The molecule has 3 rings (SSSR count). The van der Waals surface area contributed by atoms with Crippen LogP contribution in [0, 0.1) is 0 Å². The number of hydrogen-bond donors (Lipinski definition) is 2. The van der Waals surface area contributed by atoms with E-state index < -0.39 is 0 Å². The molecule has 0 unspecified atom stereocenters. The smallest absolute Gasteiger partial charge is 0.257 e. The Morgan fingerprint density at radius 3 is 2.59 bits per heavy atom. The van der Waals surface area contributed by atoms with Crippen LogP contribution < -0.4 is 15.4 Å². The highest BCUT2D eigenvalue weighted by Gasteiger charge is 2.13. The number of hydrogen-bond acceptors (Lipinski definition) is 5. The maximum absolute atomic E-state index is 12.5. The minimum absolute atomic E-state index is 0.254. The molecule has 0 aliphatic rings. The normalized spacial score (nSPS) is 10.3. The van der Waals surface area contributed by atoms with Gasteiger partial charge in [-0.2, -0.15) is 0 Å². The molecule has 0 atom stereocenters. The number of para-hydroxylation sites is 2. The number of nitrogens with one attached hydrogen (secondary N) is 2. The van der Waals surface area contributed by atoms with E-state index in [9.17, 15) is 9.59 Å². The predicted molar refractivity (Wildman–Crippen MR) is 99.7 cm³/mol. The second-order valence-corrected chi connectivity index (χ2v) is 5.61. The number of pyridine rings is 1. The summed E-state index contributed by atoms with van der Waals surface area (Å²) in [6.07, 6.45) is 4.35. The third kappa shape index (κ3) is 4.72. The van der Waals surface area contributed by atoms with Crippen LogP contribution in [0.3, 0.4) is 0 Å². The Bertz CT molecular complexity index is 922. The lowest BCUT2D eigenvalue weighted by Gasteiger charge is -2.11. The van der Waals surface area contributed by atoms with Gasteiger partial charge in [0.2, 0.25) is 0 Å². The summed E-state index contributed by atoms with van der Waals surface area (Å²) in [6.45, 7) is 2.61. The van der Waals surface area contributed by atoms with E-state index in [1.54, 1.807) is 30.3 Å². The van der Waals surface area contributed by atoms with Crippen LogP contribution in [0.2, 0.25) is 0 Å². The molecule has 0 aliphatic heterocycles. The molecule has 7 nitrogen and oxygen atoms in total. The Morgan fingerprint density at radius 2 is 1.85 bits per heavy atom. The van der Waals surface area contributed by atoms with Gasteiger partial charge in [-0.15, -0.1) is 0 Å². The highest BCUT2D eigenvalue weighted by Crippen LogP contribution is 2.24. The molecule has 7 heteroatoms. The molecule has 0 aliphatic carbocycles. The highest BCUT2D eigenvalue weighted by atomic mass is 16.5. The molecular formula is C20H19N3O4. The van der Waals surface area contributed by atoms with Gasteiger partial charge in [0.1, 0.15) is 11.5 Å². The zero-order valence-corrected chi connectivity index (χ0v) is 14.8. The molecule has 2 N–H and O–H groups in total. The summed E-state index contributed by atoms with van der Waals surface area (Å²) in [5.41, 5.74) is 1.11. The molecule has 2 heterocycles. The summed E-state index contributed by atoms with van der Waals surface area (Å²) in [7, 11) is 0. The maximum Gasteiger partial charge on any atom is 0.257 e. The van der Waals surface area contributed by atoms with E-state index in [2.05, 4.69) is 15.6 Å². The Balaban J connectivity index is 1.69. The van der Waals surface area contributed by atoms with E-state index in [-0.39, 0.29) is 29.5 Å². The quantitative estimate of drug-likeness (QED) is 0.670. The van der Waals surface area contributed by atoms with Gasteiger partial charge in [-0.05, 0) is 37.3 Å². The fourth-order valence-corrected chi connectivity index (χ4v) is 2.42. The second kappa shape index (κ2) is 8.66. The minimum atomic E-state index is -0.379. The van der Waals surface area contributed by atoms with Crippen molar-refractivity contribution in [2.75, 3.05) is 11.9 Å². The number of rotatable bonds is 7. The molecule has 0 spiro atoms. The third-order valence-corrected chi connectivity index (χ3v) is 3.70. The second-order valence-electron chi connectivity index (χ2n) is 5.61. The van der Waals surface area contributed by atoms with Gasteiger partial charge in [0, 0.05) is 12.4 Å². The van der Waals surface area contributed by atoms with Gasteiger partial charge >= 0.3 is 0 Å². The van der Waals surface area contributed by atoms with Gasteiger partial charge < -0.3 is 19.8 Å². The first-order chi connectivity index (χ1) is 13.2. The number of anilines is 1. The molecular weight excluding hydrogens is 346 g/mol. The Morgan fingerprint density at radius 1 is 1.07 bits per heavy atom. The molecule has 138 valence electrons. The van der Waals surface area contributed by atoms with E-state index in [0.29, 0.717) is 23.8 Å². The van der Waals surface area contributed by atoms with Crippen molar-refractivity contribution in [3.63, 3.8) is 0 Å². The first-order valence-electron chi connectivity index (χ1n) is 8.46. The number of ether oxygens (including phenoxy) is 1. The van der Waals surface area contributed by atoms with Gasteiger partial charge in [0.25, 0.3) is 11.8 Å². The van der Waals surface area contributed by atoms with Crippen molar-refractivity contribution in [1.82, 2.24) is 10.3 Å². The van der Waals surface area contributed by atoms with Crippen molar-refractivity contribution in [3.05, 3.63) is 78.0 Å². The van der Waals surface area contributed by atoms with E-state index in [4.69, 9.17) is 9.15 Å². The van der Waals surface area contributed by atoms with Crippen LogP contribution in [0.4, 0.5) is 5.69 Å².